The zero-order valence-electron chi connectivity index (χ0n) is 13.2. The SMILES string of the molecule is [2H]C([2H])([2H])n1c(=O)c2c(ncn2C([2H])([2H])[2H])n(C)c1=O. The second kappa shape index (κ2) is 2.57. The molecule has 14 heavy (non-hydrogen) atoms. The van der Waals surface area contributed by atoms with Crippen LogP contribution >= 0.6 is 0 Å². The quantitative estimate of drug-likeness (QED) is 0.546. The van der Waals surface area contributed by atoms with Crippen molar-refractivity contribution in [3.63, 3.8) is 0 Å². The number of rotatable bonds is 0. The normalized spacial score (nSPS) is 19.2. The number of nitrogens with zero attached hydrogens (tertiary/aromatic N) is 4. The standard InChI is InChI=1S/C8H10N4O2/c1-10-4-9-6-5(10)7(13)12(3)8(14)11(6)2/h4H,1-3H3/i1D3,3D3. The summed E-state index contributed by atoms with van der Waals surface area (Å²) in [6.07, 6.45) is 0.877. The molecule has 0 N–H and O–H groups in total. The molecule has 74 valence electrons. The average molecular weight is 200 g/mol. The molecule has 6 nitrogen and oxygen atoms in total. The fraction of sp³-hybridized carbons (Fsp3) is 0.375. The summed E-state index contributed by atoms with van der Waals surface area (Å²) in [6, 6.07) is 0. The number of aromatic nitrogens is 4. The van der Waals surface area contributed by atoms with E-state index < -0.39 is 30.7 Å². The van der Waals surface area contributed by atoms with E-state index >= 15 is 0 Å². The molecule has 0 amide bonds. The van der Waals surface area contributed by atoms with E-state index in [0.717, 1.165) is 10.9 Å². The van der Waals surface area contributed by atoms with Gasteiger partial charge in [-0.1, -0.05) is 0 Å². The van der Waals surface area contributed by atoms with Gasteiger partial charge in [-0.2, -0.15) is 0 Å². The van der Waals surface area contributed by atoms with Crippen molar-refractivity contribution in [2.45, 2.75) is 0 Å². The van der Waals surface area contributed by atoms with Gasteiger partial charge in [-0.25, -0.2) is 9.78 Å². The lowest BCUT2D eigenvalue weighted by atomic mass is 10.5. The Morgan fingerprint density at radius 2 is 2.14 bits per heavy atom. The predicted octanol–water partition coefficient (Wildman–Crippen LogP) is -1.03. The third-order valence-electron chi connectivity index (χ3n) is 1.95. The number of imidazole rings is 1. The minimum absolute atomic E-state index is 0.0409. The van der Waals surface area contributed by atoms with Crippen molar-refractivity contribution in [3.8, 4) is 0 Å². The lowest BCUT2D eigenvalue weighted by Gasteiger charge is -2.02. The number of hydrogen-bond donors (Lipinski definition) is 0. The molecule has 6 heteroatoms. The highest BCUT2D eigenvalue weighted by atomic mass is 16.2. The molecule has 2 aromatic rings. The molecule has 0 bridgehead atoms. The first-order valence-corrected chi connectivity index (χ1v) is 3.66. The average Bonchev–Trinajstić information content (AvgIpc) is 2.68. The van der Waals surface area contributed by atoms with Gasteiger partial charge in [0.15, 0.2) is 11.2 Å². The van der Waals surface area contributed by atoms with Crippen molar-refractivity contribution in [3.05, 3.63) is 27.2 Å². The molecule has 0 saturated carbocycles. The van der Waals surface area contributed by atoms with Gasteiger partial charge in [-0.15, -0.1) is 0 Å². The van der Waals surface area contributed by atoms with Gasteiger partial charge in [0, 0.05) is 29.2 Å². The first kappa shape index (κ1) is 4.12. The Morgan fingerprint density at radius 1 is 1.36 bits per heavy atom. The molecule has 0 spiro atoms. The van der Waals surface area contributed by atoms with E-state index in [2.05, 4.69) is 4.98 Å². The molecule has 2 heterocycles. The van der Waals surface area contributed by atoms with Gasteiger partial charge < -0.3 is 4.57 Å². The van der Waals surface area contributed by atoms with Crippen molar-refractivity contribution < 1.29 is 8.22 Å². The van der Waals surface area contributed by atoms with Crippen LogP contribution in [0.1, 0.15) is 8.22 Å². The summed E-state index contributed by atoms with van der Waals surface area (Å²) in [5, 5.41) is 0. The molecule has 0 aliphatic carbocycles. The fourth-order valence-corrected chi connectivity index (χ4v) is 1.22. The Morgan fingerprint density at radius 3 is 2.79 bits per heavy atom. The van der Waals surface area contributed by atoms with E-state index in [0.29, 0.717) is 4.57 Å². The van der Waals surface area contributed by atoms with Gasteiger partial charge in [-0.3, -0.25) is 13.9 Å². The van der Waals surface area contributed by atoms with E-state index in [4.69, 9.17) is 8.22 Å². The zero-order chi connectivity index (χ0) is 15.5. The highest BCUT2D eigenvalue weighted by Crippen LogP contribution is 2.01. The van der Waals surface area contributed by atoms with E-state index in [1.54, 1.807) is 0 Å². The van der Waals surface area contributed by atoms with Crippen LogP contribution in [0, 0.1) is 0 Å². The van der Waals surface area contributed by atoms with Gasteiger partial charge in [0.25, 0.3) is 5.56 Å². The van der Waals surface area contributed by atoms with Gasteiger partial charge >= 0.3 is 5.69 Å². The van der Waals surface area contributed by atoms with Gasteiger partial charge in [0.05, 0.1) is 6.33 Å². The first-order valence-electron chi connectivity index (χ1n) is 6.66. The molecule has 0 atom stereocenters. The van der Waals surface area contributed by atoms with Crippen molar-refractivity contribution >= 4 is 11.2 Å². The lowest BCUT2D eigenvalue weighted by Crippen LogP contribution is -2.37. The summed E-state index contributed by atoms with van der Waals surface area (Å²) in [6.45, 7) is -5.72. The van der Waals surface area contributed by atoms with E-state index in [9.17, 15) is 9.59 Å². The predicted molar refractivity (Wildman–Crippen MR) is 51.2 cm³/mol. The minimum atomic E-state index is -3.01. The third-order valence-corrected chi connectivity index (χ3v) is 1.95. The highest BCUT2D eigenvalue weighted by Gasteiger charge is 2.11. The van der Waals surface area contributed by atoms with E-state index in [-0.39, 0.29) is 10.2 Å². The topological polar surface area (TPSA) is 61.8 Å². The van der Waals surface area contributed by atoms with Crippen molar-refractivity contribution in [2.75, 3.05) is 0 Å². The molecular formula is C8H10N4O2. The summed E-state index contributed by atoms with van der Waals surface area (Å²) in [5.41, 5.74) is -2.94. The van der Waals surface area contributed by atoms with Crippen molar-refractivity contribution in [1.82, 2.24) is 18.7 Å². The number of aryl methyl sites for hydroxylation is 2. The molecule has 2 rings (SSSR count). The molecular weight excluding hydrogens is 184 g/mol. The molecule has 0 saturated heterocycles. The molecule has 2 aromatic heterocycles. The maximum absolute atomic E-state index is 12.2. The maximum atomic E-state index is 12.2. The van der Waals surface area contributed by atoms with Crippen LogP contribution in [0.25, 0.3) is 11.2 Å². The van der Waals surface area contributed by atoms with Crippen LogP contribution in [-0.4, -0.2) is 18.7 Å². The maximum Gasteiger partial charge on any atom is 0.332 e. The Hall–Kier alpha value is -1.85. The molecule has 0 aliphatic heterocycles. The highest BCUT2D eigenvalue weighted by molar-refractivity contribution is 5.69. The van der Waals surface area contributed by atoms with Crippen LogP contribution in [0.2, 0.25) is 0 Å². The second-order valence-electron chi connectivity index (χ2n) is 2.77. The van der Waals surface area contributed by atoms with Crippen LogP contribution in [0.4, 0.5) is 0 Å². The van der Waals surface area contributed by atoms with E-state index in [1.165, 1.54) is 7.05 Å². The van der Waals surface area contributed by atoms with Crippen LogP contribution in [0.5, 0.6) is 0 Å². The largest absolute Gasteiger partial charge is 0.332 e. The summed E-state index contributed by atoms with van der Waals surface area (Å²) in [5.74, 6) is 0. The summed E-state index contributed by atoms with van der Waals surface area (Å²) in [7, 11) is 1.21. The first-order chi connectivity index (χ1) is 8.96. The molecule has 0 fully saturated rings. The molecule has 0 aromatic carbocycles. The summed E-state index contributed by atoms with van der Waals surface area (Å²) in [4.78, 5) is 27.7. The van der Waals surface area contributed by atoms with Crippen LogP contribution in [-0.2, 0) is 21.0 Å². The fourth-order valence-electron chi connectivity index (χ4n) is 1.22. The van der Waals surface area contributed by atoms with Gasteiger partial charge in [0.1, 0.15) is 0 Å². The summed E-state index contributed by atoms with van der Waals surface area (Å²) < 4.78 is 45.0. The molecule has 0 unspecified atom stereocenters. The Labute approximate surface area is 87.5 Å². The van der Waals surface area contributed by atoms with Crippen LogP contribution in [0.15, 0.2) is 15.9 Å². The Kier molecular flexibility index (Phi) is 0.756. The van der Waals surface area contributed by atoms with Crippen molar-refractivity contribution in [1.29, 1.82) is 0 Å². The zero-order valence-corrected chi connectivity index (χ0v) is 7.18. The van der Waals surface area contributed by atoms with Gasteiger partial charge in [-0.05, 0) is 0 Å². The Balaban J connectivity index is 3.08. The molecule has 0 aliphatic rings. The van der Waals surface area contributed by atoms with Crippen LogP contribution < -0.4 is 11.2 Å². The van der Waals surface area contributed by atoms with Gasteiger partial charge in [0.2, 0.25) is 0 Å². The minimum Gasteiger partial charge on any atom is -0.328 e. The number of hydrogen-bond acceptors (Lipinski definition) is 3. The Bertz CT molecular complexity index is 793. The monoisotopic (exact) mass is 200 g/mol. The molecule has 0 radical (unpaired) electrons. The smallest absolute Gasteiger partial charge is 0.328 e. The van der Waals surface area contributed by atoms with E-state index in [1.807, 2.05) is 0 Å². The second-order valence-corrected chi connectivity index (χ2v) is 2.77. The lowest BCUT2D eigenvalue weighted by molar-refractivity contribution is 0.705. The third kappa shape index (κ3) is 0.876. The van der Waals surface area contributed by atoms with Crippen molar-refractivity contribution in [2.24, 2.45) is 21.0 Å². The summed E-state index contributed by atoms with van der Waals surface area (Å²) >= 11 is 0. The van der Waals surface area contributed by atoms with Crippen LogP contribution in [0.3, 0.4) is 0 Å². The number of fused-ring (bicyclic) bond motifs is 1.